The summed E-state index contributed by atoms with van der Waals surface area (Å²) in [6, 6.07) is 22.5. The molecule has 0 fully saturated rings. The summed E-state index contributed by atoms with van der Waals surface area (Å²) in [5.41, 5.74) is 4.41. The van der Waals surface area contributed by atoms with Gasteiger partial charge in [0.25, 0.3) is 11.5 Å². The number of carbonyl (C=O) groups is 1. The van der Waals surface area contributed by atoms with Crippen LogP contribution in [0.2, 0.25) is 0 Å². The molecule has 0 atom stereocenters. The summed E-state index contributed by atoms with van der Waals surface area (Å²) >= 11 is 0. The minimum Gasteiger partial charge on any atom is -0.497 e. The number of anilines is 1. The largest absolute Gasteiger partial charge is 0.497 e. The lowest BCUT2D eigenvalue weighted by Gasteiger charge is -2.23. The molecule has 0 aliphatic carbocycles. The number of aryl methyl sites for hydroxylation is 2. The molecule has 0 spiro atoms. The third-order valence-electron chi connectivity index (χ3n) is 5.37. The van der Waals surface area contributed by atoms with Crippen molar-refractivity contribution >= 4 is 22.5 Å². The Bertz CT molecular complexity index is 1320. The summed E-state index contributed by atoms with van der Waals surface area (Å²) in [4.78, 5) is 31.0. The fraction of sp³-hybridized carbons (Fsp3) is 0.154. The van der Waals surface area contributed by atoms with Gasteiger partial charge in [0.2, 0.25) is 0 Å². The third-order valence-corrected chi connectivity index (χ3v) is 5.37. The first kappa shape index (κ1) is 20.4. The van der Waals surface area contributed by atoms with E-state index in [-0.39, 0.29) is 18.0 Å². The van der Waals surface area contributed by atoms with Crippen LogP contribution >= 0.6 is 0 Å². The molecule has 0 unspecified atom stereocenters. The number of fused-ring (bicyclic) bond motifs is 1. The highest BCUT2D eigenvalue weighted by atomic mass is 16.5. The number of nitrogens with zero attached hydrogens (tertiary/aromatic N) is 1. The van der Waals surface area contributed by atoms with Crippen LogP contribution in [-0.4, -0.2) is 18.0 Å². The van der Waals surface area contributed by atoms with Crippen LogP contribution in [0.1, 0.15) is 27.0 Å². The van der Waals surface area contributed by atoms with Crippen LogP contribution in [0.5, 0.6) is 5.75 Å². The quantitative estimate of drug-likeness (QED) is 0.502. The number of methoxy groups -OCH3 is 1. The maximum Gasteiger partial charge on any atom is 0.258 e. The third kappa shape index (κ3) is 4.21. The van der Waals surface area contributed by atoms with Gasteiger partial charge in [0.15, 0.2) is 0 Å². The molecule has 4 rings (SSSR count). The molecule has 1 N–H and O–H groups in total. The first-order chi connectivity index (χ1) is 15.0. The molecule has 0 aliphatic heterocycles. The van der Waals surface area contributed by atoms with E-state index in [9.17, 15) is 9.59 Å². The molecule has 156 valence electrons. The van der Waals surface area contributed by atoms with Gasteiger partial charge in [-0.05, 0) is 66.8 Å². The van der Waals surface area contributed by atoms with Crippen molar-refractivity contribution in [3.8, 4) is 5.75 Å². The molecule has 3 aromatic carbocycles. The van der Waals surface area contributed by atoms with Crippen LogP contribution in [0.3, 0.4) is 0 Å². The van der Waals surface area contributed by atoms with Crippen LogP contribution in [0.4, 0.5) is 5.69 Å². The second kappa shape index (κ2) is 8.48. The molecule has 31 heavy (non-hydrogen) atoms. The van der Waals surface area contributed by atoms with Crippen molar-refractivity contribution in [3.63, 3.8) is 0 Å². The summed E-state index contributed by atoms with van der Waals surface area (Å²) in [5.74, 6) is 0.405. The maximum atomic E-state index is 13.5. The number of hydrogen-bond donors (Lipinski definition) is 1. The van der Waals surface area contributed by atoms with Gasteiger partial charge in [-0.2, -0.15) is 0 Å². The summed E-state index contributed by atoms with van der Waals surface area (Å²) in [6.45, 7) is 4.09. The Labute approximate surface area is 180 Å². The van der Waals surface area contributed by atoms with E-state index in [4.69, 9.17) is 4.74 Å². The van der Waals surface area contributed by atoms with E-state index in [1.165, 1.54) is 0 Å². The Balaban J connectivity index is 1.80. The fourth-order valence-electron chi connectivity index (χ4n) is 3.70. The van der Waals surface area contributed by atoms with Crippen molar-refractivity contribution < 1.29 is 9.53 Å². The number of H-pyrrole nitrogens is 1. The number of aromatic nitrogens is 1. The highest BCUT2D eigenvalue weighted by Gasteiger charge is 2.20. The van der Waals surface area contributed by atoms with Gasteiger partial charge in [0.1, 0.15) is 5.75 Å². The van der Waals surface area contributed by atoms with E-state index in [2.05, 4.69) is 4.98 Å². The maximum absolute atomic E-state index is 13.5. The van der Waals surface area contributed by atoms with Gasteiger partial charge in [0, 0.05) is 16.8 Å². The zero-order chi connectivity index (χ0) is 22.0. The average molecular weight is 412 g/mol. The van der Waals surface area contributed by atoms with Crippen molar-refractivity contribution in [2.75, 3.05) is 12.0 Å². The molecular formula is C26H24N2O3. The van der Waals surface area contributed by atoms with E-state index in [0.717, 1.165) is 27.7 Å². The molecule has 5 heteroatoms. The van der Waals surface area contributed by atoms with E-state index >= 15 is 0 Å². The molecular weight excluding hydrogens is 388 g/mol. The second-order valence-corrected chi connectivity index (χ2v) is 7.63. The number of carbonyl (C=O) groups excluding carboxylic acids is 1. The molecule has 0 bridgehead atoms. The predicted octanol–water partition coefficient (Wildman–Crippen LogP) is 5.00. The van der Waals surface area contributed by atoms with Crippen LogP contribution < -0.4 is 15.2 Å². The molecule has 1 aromatic heterocycles. The molecule has 4 aromatic rings. The van der Waals surface area contributed by atoms with Crippen LogP contribution in [0, 0.1) is 13.8 Å². The van der Waals surface area contributed by atoms with Crippen molar-refractivity contribution in [2.45, 2.75) is 20.4 Å². The van der Waals surface area contributed by atoms with Crippen LogP contribution in [0.15, 0.2) is 77.6 Å². The Morgan fingerprint density at radius 2 is 1.74 bits per heavy atom. The van der Waals surface area contributed by atoms with Gasteiger partial charge in [-0.15, -0.1) is 0 Å². The highest BCUT2D eigenvalue weighted by Crippen LogP contribution is 2.23. The zero-order valence-electron chi connectivity index (χ0n) is 17.8. The van der Waals surface area contributed by atoms with Gasteiger partial charge in [-0.25, -0.2) is 0 Å². The smallest absolute Gasteiger partial charge is 0.258 e. The number of benzene rings is 3. The summed E-state index contributed by atoms with van der Waals surface area (Å²) < 4.78 is 5.28. The lowest BCUT2D eigenvalue weighted by molar-refractivity contribution is 0.0984. The Kier molecular flexibility index (Phi) is 5.58. The Morgan fingerprint density at radius 1 is 0.968 bits per heavy atom. The molecule has 1 amide bonds. The minimum absolute atomic E-state index is 0.151. The van der Waals surface area contributed by atoms with E-state index in [0.29, 0.717) is 16.9 Å². The Morgan fingerprint density at radius 3 is 2.52 bits per heavy atom. The molecule has 1 heterocycles. The normalized spacial score (nSPS) is 10.8. The van der Waals surface area contributed by atoms with Crippen molar-refractivity contribution in [3.05, 3.63) is 105 Å². The summed E-state index contributed by atoms with van der Waals surface area (Å²) in [6.07, 6.45) is 0. The molecule has 0 saturated carbocycles. The fourth-order valence-corrected chi connectivity index (χ4v) is 3.70. The lowest BCUT2D eigenvalue weighted by atomic mass is 10.1. The number of pyridine rings is 1. The molecule has 0 radical (unpaired) electrons. The van der Waals surface area contributed by atoms with E-state index in [1.54, 1.807) is 36.3 Å². The Hall–Kier alpha value is -3.86. The van der Waals surface area contributed by atoms with E-state index < -0.39 is 0 Å². The van der Waals surface area contributed by atoms with Crippen molar-refractivity contribution in [1.29, 1.82) is 0 Å². The first-order valence-corrected chi connectivity index (χ1v) is 10.1. The second-order valence-electron chi connectivity index (χ2n) is 7.63. The summed E-state index contributed by atoms with van der Waals surface area (Å²) in [5, 5.41) is 0.938. The molecule has 5 nitrogen and oxygen atoms in total. The lowest BCUT2D eigenvalue weighted by Crippen LogP contribution is -2.33. The monoisotopic (exact) mass is 412 g/mol. The number of amides is 1. The number of nitrogens with one attached hydrogen (secondary N) is 1. The number of rotatable bonds is 5. The standard InChI is InChI=1S/C26H24N2O3/c1-17-7-4-11-22(13-17)28(26(30)20-10-6-12-23(15-20)31-3)16-21-14-19-9-5-8-18(2)24(19)27-25(21)29/h4-15H,16H2,1-3H3,(H,27,29). The van der Waals surface area contributed by atoms with E-state index in [1.807, 2.05) is 62.4 Å². The number of ether oxygens (including phenoxy) is 1. The molecule has 0 saturated heterocycles. The number of hydrogen-bond acceptors (Lipinski definition) is 3. The van der Waals surface area contributed by atoms with Gasteiger partial charge in [-0.1, -0.05) is 36.4 Å². The zero-order valence-corrected chi connectivity index (χ0v) is 17.8. The molecule has 0 aliphatic rings. The number of para-hydroxylation sites is 1. The van der Waals surface area contributed by atoms with Gasteiger partial charge in [0.05, 0.1) is 19.2 Å². The van der Waals surface area contributed by atoms with Gasteiger partial charge in [-0.3, -0.25) is 9.59 Å². The van der Waals surface area contributed by atoms with Gasteiger partial charge >= 0.3 is 0 Å². The highest BCUT2D eigenvalue weighted by molar-refractivity contribution is 6.06. The van der Waals surface area contributed by atoms with Crippen molar-refractivity contribution in [2.24, 2.45) is 0 Å². The van der Waals surface area contributed by atoms with Crippen LogP contribution in [0.25, 0.3) is 10.9 Å². The van der Waals surface area contributed by atoms with Crippen LogP contribution in [-0.2, 0) is 6.54 Å². The topological polar surface area (TPSA) is 62.4 Å². The number of aromatic amines is 1. The first-order valence-electron chi connectivity index (χ1n) is 10.1. The predicted molar refractivity (Wildman–Crippen MR) is 124 cm³/mol. The summed E-state index contributed by atoms with van der Waals surface area (Å²) in [7, 11) is 1.57. The van der Waals surface area contributed by atoms with Gasteiger partial charge < -0.3 is 14.6 Å². The SMILES string of the molecule is COc1cccc(C(=O)N(Cc2cc3cccc(C)c3[nH]c2=O)c2cccc(C)c2)c1. The average Bonchev–Trinajstić information content (AvgIpc) is 2.78. The van der Waals surface area contributed by atoms with Crippen molar-refractivity contribution in [1.82, 2.24) is 4.98 Å². The minimum atomic E-state index is -0.201.